The summed E-state index contributed by atoms with van der Waals surface area (Å²) in [5.74, 6) is 0. The van der Waals surface area contributed by atoms with Crippen LogP contribution in [0.5, 0.6) is 0 Å². The summed E-state index contributed by atoms with van der Waals surface area (Å²) in [6.45, 7) is 10.6. The van der Waals surface area contributed by atoms with Gasteiger partial charge in [-0.25, -0.2) is 0 Å². The molecular formula is C14H30N2O. The standard InChI is InChI=1S/C14H30N2O/c1-3-5-8-16(9-6-4-2)12-14(11-15)7-10-17-13-14/h3-13,15H2,1-2H3. The van der Waals surface area contributed by atoms with Crippen LogP contribution in [0.15, 0.2) is 0 Å². The predicted molar refractivity (Wildman–Crippen MR) is 73.2 cm³/mol. The molecule has 1 aliphatic rings. The molecular weight excluding hydrogens is 212 g/mol. The Kier molecular flexibility index (Phi) is 7.09. The van der Waals surface area contributed by atoms with E-state index in [0.717, 1.165) is 32.7 Å². The number of ether oxygens (including phenoxy) is 1. The van der Waals surface area contributed by atoms with Gasteiger partial charge in [0, 0.05) is 25.1 Å². The summed E-state index contributed by atoms with van der Waals surface area (Å²) in [5, 5.41) is 0. The molecule has 102 valence electrons. The first-order chi connectivity index (χ1) is 8.26. The summed E-state index contributed by atoms with van der Waals surface area (Å²) in [6.07, 6.45) is 6.28. The van der Waals surface area contributed by atoms with E-state index in [1.807, 2.05) is 0 Å². The maximum Gasteiger partial charge on any atom is 0.0547 e. The van der Waals surface area contributed by atoms with Crippen LogP contribution in [0.1, 0.15) is 46.0 Å². The van der Waals surface area contributed by atoms with E-state index in [4.69, 9.17) is 10.5 Å². The SMILES string of the molecule is CCCCN(CCCC)CC1(CN)CCOC1. The average molecular weight is 242 g/mol. The maximum atomic E-state index is 5.97. The van der Waals surface area contributed by atoms with E-state index >= 15 is 0 Å². The lowest BCUT2D eigenvalue weighted by Crippen LogP contribution is -2.43. The zero-order chi connectivity index (χ0) is 12.6. The average Bonchev–Trinajstić information content (AvgIpc) is 2.82. The third kappa shape index (κ3) is 4.94. The summed E-state index contributed by atoms with van der Waals surface area (Å²) in [4.78, 5) is 2.61. The molecule has 1 aliphatic heterocycles. The van der Waals surface area contributed by atoms with Gasteiger partial charge in [0.15, 0.2) is 0 Å². The highest BCUT2D eigenvalue weighted by Gasteiger charge is 2.35. The van der Waals surface area contributed by atoms with Gasteiger partial charge >= 0.3 is 0 Å². The fraction of sp³-hybridized carbons (Fsp3) is 1.00. The van der Waals surface area contributed by atoms with Gasteiger partial charge in [0.05, 0.1) is 6.61 Å². The minimum absolute atomic E-state index is 0.238. The van der Waals surface area contributed by atoms with Crippen molar-refractivity contribution in [2.45, 2.75) is 46.0 Å². The third-order valence-electron chi connectivity index (χ3n) is 3.83. The van der Waals surface area contributed by atoms with Crippen molar-refractivity contribution in [3.05, 3.63) is 0 Å². The smallest absolute Gasteiger partial charge is 0.0547 e. The van der Waals surface area contributed by atoms with Crippen molar-refractivity contribution in [1.29, 1.82) is 0 Å². The number of nitrogens with two attached hydrogens (primary N) is 1. The second-order valence-corrected chi connectivity index (χ2v) is 5.49. The summed E-state index contributed by atoms with van der Waals surface area (Å²) >= 11 is 0. The van der Waals surface area contributed by atoms with E-state index in [1.165, 1.54) is 38.8 Å². The van der Waals surface area contributed by atoms with Gasteiger partial charge in [-0.15, -0.1) is 0 Å². The van der Waals surface area contributed by atoms with Crippen molar-refractivity contribution >= 4 is 0 Å². The molecule has 0 radical (unpaired) electrons. The third-order valence-corrected chi connectivity index (χ3v) is 3.83. The highest BCUT2D eigenvalue weighted by atomic mass is 16.5. The number of hydrogen-bond acceptors (Lipinski definition) is 3. The largest absolute Gasteiger partial charge is 0.381 e. The van der Waals surface area contributed by atoms with Gasteiger partial charge < -0.3 is 15.4 Å². The van der Waals surface area contributed by atoms with Crippen LogP contribution in [0, 0.1) is 5.41 Å². The molecule has 1 saturated heterocycles. The molecule has 1 fully saturated rings. The van der Waals surface area contributed by atoms with Crippen molar-refractivity contribution in [1.82, 2.24) is 4.90 Å². The Labute approximate surface area is 107 Å². The van der Waals surface area contributed by atoms with E-state index in [9.17, 15) is 0 Å². The first-order valence-electron chi connectivity index (χ1n) is 7.26. The van der Waals surface area contributed by atoms with E-state index in [1.54, 1.807) is 0 Å². The Balaban J connectivity index is 2.44. The number of nitrogens with zero attached hydrogens (tertiary/aromatic N) is 1. The van der Waals surface area contributed by atoms with Crippen LogP contribution in [0.3, 0.4) is 0 Å². The molecule has 0 saturated carbocycles. The Bertz CT molecular complexity index is 183. The normalized spacial score (nSPS) is 24.7. The molecule has 0 spiro atoms. The molecule has 0 bridgehead atoms. The fourth-order valence-electron chi connectivity index (χ4n) is 2.51. The van der Waals surface area contributed by atoms with Crippen LogP contribution in [-0.4, -0.2) is 44.3 Å². The maximum absolute atomic E-state index is 5.97. The topological polar surface area (TPSA) is 38.5 Å². The van der Waals surface area contributed by atoms with Crippen LogP contribution >= 0.6 is 0 Å². The molecule has 1 unspecified atom stereocenters. The molecule has 0 aliphatic carbocycles. The summed E-state index contributed by atoms with van der Waals surface area (Å²) < 4.78 is 5.55. The molecule has 0 aromatic carbocycles. The lowest BCUT2D eigenvalue weighted by atomic mass is 9.86. The minimum Gasteiger partial charge on any atom is -0.381 e. The molecule has 0 amide bonds. The molecule has 1 atom stereocenters. The molecule has 2 N–H and O–H groups in total. The summed E-state index contributed by atoms with van der Waals surface area (Å²) in [6, 6.07) is 0. The number of hydrogen-bond donors (Lipinski definition) is 1. The quantitative estimate of drug-likeness (QED) is 0.674. The molecule has 1 rings (SSSR count). The van der Waals surface area contributed by atoms with Crippen LogP contribution in [0.2, 0.25) is 0 Å². The number of unbranched alkanes of at least 4 members (excludes halogenated alkanes) is 2. The van der Waals surface area contributed by atoms with Gasteiger partial charge in [0.25, 0.3) is 0 Å². The Morgan fingerprint density at radius 3 is 2.24 bits per heavy atom. The lowest BCUT2D eigenvalue weighted by Gasteiger charge is -2.33. The van der Waals surface area contributed by atoms with Crippen molar-refractivity contribution in [3.63, 3.8) is 0 Å². The van der Waals surface area contributed by atoms with Crippen LogP contribution in [0.4, 0.5) is 0 Å². The Morgan fingerprint density at radius 1 is 1.18 bits per heavy atom. The highest BCUT2D eigenvalue weighted by molar-refractivity contribution is 4.87. The Morgan fingerprint density at radius 2 is 1.82 bits per heavy atom. The Hall–Kier alpha value is -0.120. The number of rotatable bonds is 9. The van der Waals surface area contributed by atoms with Gasteiger partial charge in [-0.05, 0) is 32.4 Å². The van der Waals surface area contributed by atoms with Gasteiger partial charge in [0.2, 0.25) is 0 Å². The van der Waals surface area contributed by atoms with Gasteiger partial charge in [-0.2, -0.15) is 0 Å². The summed E-state index contributed by atoms with van der Waals surface area (Å²) in [5.41, 5.74) is 6.21. The van der Waals surface area contributed by atoms with Gasteiger partial charge in [-0.1, -0.05) is 26.7 Å². The van der Waals surface area contributed by atoms with E-state index in [-0.39, 0.29) is 5.41 Å². The molecule has 0 aromatic heterocycles. The second-order valence-electron chi connectivity index (χ2n) is 5.49. The second kappa shape index (κ2) is 8.06. The van der Waals surface area contributed by atoms with E-state index < -0.39 is 0 Å². The van der Waals surface area contributed by atoms with Crippen LogP contribution in [-0.2, 0) is 4.74 Å². The van der Waals surface area contributed by atoms with E-state index in [2.05, 4.69) is 18.7 Å². The van der Waals surface area contributed by atoms with Crippen LogP contribution in [0.25, 0.3) is 0 Å². The van der Waals surface area contributed by atoms with Crippen molar-refractivity contribution in [3.8, 4) is 0 Å². The molecule has 3 heteroatoms. The van der Waals surface area contributed by atoms with Crippen molar-refractivity contribution in [2.24, 2.45) is 11.1 Å². The minimum atomic E-state index is 0.238. The zero-order valence-electron chi connectivity index (χ0n) is 11.7. The van der Waals surface area contributed by atoms with E-state index in [0.29, 0.717) is 0 Å². The molecule has 17 heavy (non-hydrogen) atoms. The van der Waals surface area contributed by atoms with Crippen molar-refractivity contribution < 1.29 is 4.74 Å². The van der Waals surface area contributed by atoms with Crippen molar-refractivity contribution in [2.75, 3.05) is 39.4 Å². The van der Waals surface area contributed by atoms with Crippen LogP contribution < -0.4 is 5.73 Å². The van der Waals surface area contributed by atoms with Gasteiger partial charge in [0.1, 0.15) is 0 Å². The first kappa shape index (κ1) is 14.9. The molecule has 1 heterocycles. The fourth-order valence-corrected chi connectivity index (χ4v) is 2.51. The monoisotopic (exact) mass is 242 g/mol. The van der Waals surface area contributed by atoms with Gasteiger partial charge in [-0.3, -0.25) is 0 Å². The predicted octanol–water partition coefficient (Wildman–Crippen LogP) is 2.25. The summed E-state index contributed by atoms with van der Waals surface area (Å²) in [7, 11) is 0. The first-order valence-corrected chi connectivity index (χ1v) is 7.26. The molecule has 3 nitrogen and oxygen atoms in total. The highest BCUT2D eigenvalue weighted by Crippen LogP contribution is 2.28. The zero-order valence-corrected chi connectivity index (χ0v) is 11.7. The molecule has 0 aromatic rings. The lowest BCUT2D eigenvalue weighted by molar-refractivity contribution is 0.113.